The monoisotopic (exact) mass is 248 g/mol. The maximum absolute atomic E-state index is 13.1. The fourth-order valence-electron chi connectivity index (χ4n) is 2.01. The Morgan fingerprint density at radius 1 is 1.39 bits per heavy atom. The topological polar surface area (TPSA) is 56.7 Å². The van der Waals surface area contributed by atoms with Crippen molar-refractivity contribution >= 4 is 0 Å². The van der Waals surface area contributed by atoms with Crippen molar-refractivity contribution in [1.29, 1.82) is 0 Å². The van der Waals surface area contributed by atoms with Crippen molar-refractivity contribution in [2.45, 2.75) is 32.9 Å². The highest BCUT2D eigenvalue weighted by Gasteiger charge is 2.12. The molecule has 18 heavy (non-hydrogen) atoms. The van der Waals surface area contributed by atoms with E-state index < -0.39 is 0 Å². The fraction of sp³-hybridized carbons (Fsp3) is 0.385. The van der Waals surface area contributed by atoms with Crippen LogP contribution in [0.2, 0.25) is 0 Å². The molecule has 5 heteroatoms. The average molecular weight is 248 g/mol. The molecule has 0 aliphatic heterocycles. The van der Waals surface area contributed by atoms with E-state index in [1.54, 1.807) is 6.20 Å². The highest BCUT2D eigenvalue weighted by molar-refractivity contribution is 5.19. The molecule has 0 aromatic carbocycles. The predicted octanol–water partition coefficient (Wildman–Crippen LogP) is 1.99. The molecule has 0 aliphatic carbocycles. The van der Waals surface area contributed by atoms with Gasteiger partial charge in [-0.2, -0.15) is 5.10 Å². The number of hydrogen-bond acceptors (Lipinski definition) is 3. The quantitative estimate of drug-likeness (QED) is 0.900. The first kappa shape index (κ1) is 12.7. The van der Waals surface area contributed by atoms with E-state index in [0.29, 0.717) is 12.0 Å². The summed E-state index contributed by atoms with van der Waals surface area (Å²) >= 11 is 0. The van der Waals surface area contributed by atoms with E-state index in [4.69, 9.17) is 5.73 Å². The van der Waals surface area contributed by atoms with E-state index in [0.717, 1.165) is 17.9 Å². The fourth-order valence-corrected chi connectivity index (χ4v) is 2.01. The van der Waals surface area contributed by atoms with Crippen molar-refractivity contribution in [2.24, 2.45) is 5.73 Å². The van der Waals surface area contributed by atoms with E-state index in [1.165, 1.54) is 12.3 Å². The average Bonchev–Trinajstić information content (AvgIpc) is 2.69. The molecule has 1 atom stereocenters. The molecule has 2 aromatic rings. The predicted molar refractivity (Wildman–Crippen MR) is 67.5 cm³/mol. The normalized spacial score (nSPS) is 12.7. The van der Waals surface area contributed by atoms with Gasteiger partial charge in [-0.3, -0.25) is 9.67 Å². The molecule has 2 N–H and O–H groups in total. The van der Waals surface area contributed by atoms with Gasteiger partial charge in [0.1, 0.15) is 5.82 Å². The maximum atomic E-state index is 13.1. The first-order valence-corrected chi connectivity index (χ1v) is 5.99. The van der Waals surface area contributed by atoms with Crippen molar-refractivity contribution in [2.75, 3.05) is 0 Å². The van der Waals surface area contributed by atoms with Crippen molar-refractivity contribution in [1.82, 2.24) is 14.8 Å². The van der Waals surface area contributed by atoms with Gasteiger partial charge in [0.05, 0.1) is 11.9 Å². The van der Waals surface area contributed by atoms with Crippen molar-refractivity contribution in [3.63, 3.8) is 0 Å². The van der Waals surface area contributed by atoms with Crippen LogP contribution in [0.15, 0.2) is 24.5 Å². The molecule has 4 nitrogen and oxygen atoms in total. The minimum absolute atomic E-state index is 0.269. The van der Waals surface area contributed by atoms with Crippen LogP contribution >= 0.6 is 0 Å². The molecule has 1 unspecified atom stereocenters. The van der Waals surface area contributed by atoms with Crippen LogP contribution < -0.4 is 5.73 Å². The third kappa shape index (κ3) is 2.73. The summed E-state index contributed by atoms with van der Waals surface area (Å²) in [5.41, 5.74) is 8.82. The Bertz CT molecular complexity index is 536. The summed E-state index contributed by atoms with van der Waals surface area (Å²) in [5.74, 6) is -0.358. The molecule has 0 aliphatic rings. The minimum Gasteiger partial charge on any atom is -0.324 e. The van der Waals surface area contributed by atoms with Crippen molar-refractivity contribution in [3.05, 3.63) is 47.3 Å². The maximum Gasteiger partial charge on any atom is 0.141 e. The van der Waals surface area contributed by atoms with Crippen molar-refractivity contribution in [3.8, 4) is 0 Å². The zero-order valence-electron chi connectivity index (χ0n) is 10.6. The molecule has 0 saturated heterocycles. The smallest absolute Gasteiger partial charge is 0.141 e. The number of pyridine rings is 1. The van der Waals surface area contributed by atoms with Crippen LogP contribution in [-0.4, -0.2) is 14.8 Å². The van der Waals surface area contributed by atoms with E-state index in [2.05, 4.69) is 10.1 Å². The number of aryl methyl sites for hydroxylation is 2. The molecule has 0 amide bonds. The minimum atomic E-state index is -0.358. The van der Waals surface area contributed by atoms with E-state index in [1.807, 2.05) is 24.6 Å². The number of aromatic nitrogens is 3. The molecule has 0 bridgehead atoms. The summed E-state index contributed by atoms with van der Waals surface area (Å²) in [5, 5.41) is 4.36. The Kier molecular flexibility index (Phi) is 3.72. The van der Waals surface area contributed by atoms with Gasteiger partial charge in [-0.05, 0) is 31.5 Å². The molecule has 0 fully saturated rings. The summed E-state index contributed by atoms with van der Waals surface area (Å²) in [6.07, 6.45) is 3.41. The molecule has 0 radical (unpaired) electrons. The zero-order valence-corrected chi connectivity index (χ0v) is 10.6. The number of hydrogen-bond donors (Lipinski definition) is 1. The van der Waals surface area contributed by atoms with E-state index >= 15 is 0 Å². The highest BCUT2D eigenvalue weighted by Crippen LogP contribution is 2.16. The summed E-state index contributed by atoms with van der Waals surface area (Å²) in [6, 6.07) is 3.17. The number of halogens is 1. The first-order chi connectivity index (χ1) is 8.60. The van der Waals surface area contributed by atoms with Crippen LogP contribution in [0.25, 0.3) is 0 Å². The van der Waals surface area contributed by atoms with Gasteiger partial charge in [-0.1, -0.05) is 0 Å². The summed E-state index contributed by atoms with van der Waals surface area (Å²) in [4.78, 5) is 3.82. The molecule has 0 spiro atoms. The van der Waals surface area contributed by atoms with Crippen LogP contribution in [0.4, 0.5) is 4.39 Å². The lowest BCUT2D eigenvalue weighted by Gasteiger charge is -2.12. The van der Waals surface area contributed by atoms with Gasteiger partial charge in [-0.15, -0.1) is 0 Å². The van der Waals surface area contributed by atoms with Crippen LogP contribution in [0.3, 0.4) is 0 Å². The van der Waals surface area contributed by atoms with Gasteiger partial charge in [-0.25, -0.2) is 4.39 Å². The molecular weight excluding hydrogens is 231 g/mol. The standard InChI is InChI=1S/C13H17FN4/c1-3-18-12(4-9(2)17-18)6-13(15)10-5-11(14)8-16-7-10/h4-5,7-8,13H,3,6,15H2,1-2H3. The second kappa shape index (κ2) is 5.27. The summed E-state index contributed by atoms with van der Waals surface area (Å²) in [7, 11) is 0. The van der Waals surface area contributed by atoms with Crippen LogP contribution in [-0.2, 0) is 13.0 Å². The lowest BCUT2D eigenvalue weighted by Crippen LogP contribution is -2.16. The van der Waals surface area contributed by atoms with Gasteiger partial charge >= 0.3 is 0 Å². The second-order valence-electron chi connectivity index (χ2n) is 4.34. The summed E-state index contributed by atoms with van der Waals surface area (Å²) < 4.78 is 15.0. The molecule has 2 heterocycles. The SMILES string of the molecule is CCn1nc(C)cc1CC(N)c1cncc(F)c1. The molecule has 96 valence electrons. The van der Waals surface area contributed by atoms with E-state index in [-0.39, 0.29) is 11.9 Å². The zero-order chi connectivity index (χ0) is 13.1. The van der Waals surface area contributed by atoms with Gasteiger partial charge in [0, 0.05) is 30.9 Å². The van der Waals surface area contributed by atoms with E-state index in [9.17, 15) is 4.39 Å². The number of nitrogens with zero attached hydrogens (tertiary/aromatic N) is 3. The Balaban J connectivity index is 2.18. The third-order valence-corrected chi connectivity index (χ3v) is 2.87. The Morgan fingerprint density at radius 3 is 2.83 bits per heavy atom. The van der Waals surface area contributed by atoms with Gasteiger partial charge < -0.3 is 5.73 Å². The molecule has 2 rings (SSSR count). The van der Waals surface area contributed by atoms with Crippen molar-refractivity contribution < 1.29 is 4.39 Å². The lowest BCUT2D eigenvalue weighted by molar-refractivity contribution is 0.579. The van der Waals surface area contributed by atoms with Gasteiger partial charge in [0.25, 0.3) is 0 Å². The summed E-state index contributed by atoms with van der Waals surface area (Å²) in [6.45, 7) is 4.79. The Morgan fingerprint density at radius 2 is 2.17 bits per heavy atom. The first-order valence-electron chi connectivity index (χ1n) is 5.99. The van der Waals surface area contributed by atoms with Gasteiger partial charge in [0.2, 0.25) is 0 Å². The number of nitrogens with two attached hydrogens (primary N) is 1. The third-order valence-electron chi connectivity index (χ3n) is 2.87. The molecular formula is C13H17FN4. The van der Waals surface area contributed by atoms with Crippen LogP contribution in [0, 0.1) is 12.7 Å². The van der Waals surface area contributed by atoms with Gasteiger partial charge in [0.15, 0.2) is 0 Å². The highest BCUT2D eigenvalue weighted by atomic mass is 19.1. The second-order valence-corrected chi connectivity index (χ2v) is 4.34. The molecule has 2 aromatic heterocycles. The van der Waals surface area contributed by atoms with Crippen LogP contribution in [0.1, 0.15) is 29.9 Å². The lowest BCUT2D eigenvalue weighted by atomic mass is 10.0. The Labute approximate surface area is 106 Å². The van der Waals surface area contributed by atoms with Crippen LogP contribution in [0.5, 0.6) is 0 Å². The number of rotatable bonds is 4. The molecule has 0 saturated carbocycles. The Hall–Kier alpha value is -1.75. The largest absolute Gasteiger partial charge is 0.324 e.